The van der Waals surface area contributed by atoms with Crippen molar-refractivity contribution >= 4 is 29.7 Å². The highest BCUT2D eigenvalue weighted by molar-refractivity contribution is 6.07. The van der Waals surface area contributed by atoms with E-state index >= 15 is 0 Å². The van der Waals surface area contributed by atoms with Crippen molar-refractivity contribution in [3.63, 3.8) is 0 Å². The van der Waals surface area contributed by atoms with Gasteiger partial charge < -0.3 is 23.7 Å². The number of hydrogen-bond donors (Lipinski definition) is 0. The molecule has 10 heteroatoms. The molecule has 2 aliphatic carbocycles. The fourth-order valence-corrected chi connectivity index (χ4v) is 5.24. The lowest BCUT2D eigenvalue weighted by molar-refractivity contribution is -0.167. The van der Waals surface area contributed by atoms with E-state index in [0.717, 1.165) is 0 Å². The molecule has 4 rings (SSSR count). The minimum absolute atomic E-state index is 0.0381. The highest BCUT2D eigenvalue weighted by Gasteiger charge is 2.75. The quantitative estimate of drug-likeness (QED) is 0.247. The van der Waals surface area contributed by atoms with Gasteiger partial charge in [-0.2, -0.15) is 0 Å². The lowest BCUT2D eigenvalue weighted by Gasteiger charge is -2.32. The highest BCUT2D eigenvalue weighted by Crippen LogP contribution is 2.60. The molecule has 2 heterocycles. The Morgan fingerprint density at radius 3 is 2.41 bits per heavy atom. The van der Waals surface area contributed by atoms with Gasteiger partial charge >= 0.3 is 23.9 Å². The standard InChI is InChI=1S/C24H26O10/c1-7-13(8-30-11(4)25)23(29)33-20-15-10(3)22(28)32-19(15)16-14(9(2)18(20)31-12(5)26)17(27)21-24(16,6)34-21/h7,15-16,18-21H,3,8H2,1-2,4-6H3. The lowest BCUT2D eigenvalue weighted by atomic mass is 9.79. The predicted molar refractivity (Wildman–Crippen MR) is 113 cm³/mol. The summed E-state index contributed by atoms with van der Waals surface area (Å²) in [6.07, 6.45) is -2.55. The van der Waals surface area contributed by atoms with Crippen molar-refractivity contribution in [3.05, 3.63) is 34.9 Å². The highest BCUT2D eigenvalue weighted by atomic mass is 16.6. The Labute approximate surface area is 195 Å². The molecule has 1 saturated carbocycles. The van der Waals surface area contributed by atoms with Gasteiger partial charge in [-0.05, 0) is 26.3 Å². The Morgan fingerprint density at radius 1 is 1.15 bits per heavy atom. The van der Waals surface area contributed by atoms with Crippen LogP contribution in [0.3, 0.4) is 0 Å². The van der Waals surface area contributed by atoms with Gasteiger partial charge in [-0.3, -0.25) is 14.4 Å². The smallest absolute Gasteiger partial charge is 0.337 e. The normalized spacial score (nSPS) is 36.1. The molecule has 0 aromatic rings. The molecule has 7 atom stereocenters. The van der Waals surface area contributed by atoms with Gasteiger partial charge in [-0.15, -0.1) is 0 Å². The van der Waals surface area contributed by atoms with Gasteiger partial charge in [0.05, 0.1) is 17.4 Å². The fourth-order valence-electron chi connectivity index (χ4n) is 5.24. The molecule has 2 saturated heterocycles. The van der Waals surface area contributed by atoms with Crippen molar-refractivity contribution in [1.82, 2.24) is 0 Å². The van der Waals surface area contributed by atoms with E-state index in [1.54, 1.807) is 20.8 Å². The molecule has 0 aromatic carbocycles. The molecule has 0 spiro atoms. The van der Waals surface area contributed by atoms with Gasteiger partial charge in [0, 0.05) is 25.0 Å². The summed E-state index contributed by atoms with van der Waals surface area (Å²) in [5.41, 5.74) is -0.0402. The first-order valence-corrected chi connectivity index (χ1v) is 10.9. The van der Waals surface area contributed by atoms with E-state index in [9.17, 15) is 24.0 Å². The van der Waals surface area contributed by atoms with Gasteiger partial charge in [0.15, 0.2) is 24.1 Å². The van der Waals surface area contributed by atoms with E-state index in [-0.39, 0.29) is 23.5 Å². The zero-order chi connectivity index (χ0) is 25.1. The molecule has 4 aliphatic rings. The van der Waals surface area contributed by atoms with Crippen molar-refractivity contribution in [2.45, 2.75) is 64.6 Å². The van der Waals surface area contributed by atoms with E-state index < -0.39 is 65.7 Å². The van der Waals surface area contributed by atoms with Crippen LogP contribution in [0.4, 0.5) is 0 Å². The molecule has 2 aliphatic heterocycles. The second-order valence-electron chi connectivity index (χ2n) is 9.04. The summed E-state index contributed by atoms with van der Waals surface area (Å²) in [6, 6.07) is 0. The number of carbonyl (C=O) groups excluding carboxylic acids is 5. The number of ether oxygens (including phenoxy) is 5. The number of fused-ring (bicyclic) bond motifs is 5. The summed E-state index contributed by atoms with van der Waals surface area (Å²) < 4.78 is 27.6. The van der Waals surface area contributed by atoms with Crippen LogP contribution in [0.15, 0.2) is 34.9 Å². The molecular weight excluding hydrogens is 448 g/mol. The Balaban J connectivity index is 1.79. The first kappa shape index (κ1) is 23.9. The third-order valence-corrected chi connectivity index (χ3v) is 6.94. The minimum atomic E-state index is -1.22. The topological polar surface area (TPSA) is 135 Å². The average molecular weight is 474 g/mol. The molecule has 3 fully saturated rings. The third kappa shape index (κ3) is 3.56. The SMILES string of the molecule is C=C1C(=O)OC2C1C(OC(=O)C(=CC)COC(C)=O)C(OC(C)=O)C(C)=C1C(=O)C3OC3(C)C12. The fraction of sp³-hybridized carbons (Fsp3) is 0.542. The van der Waals surface area contributed by atoms with Crippen LogP contribution in [0.2, 0.25) is 0 Å². The molecule has 182 valence electrons. The number of hydrogen-bond acceptors (Lipinski definition) is 10. The first-order valence-electron chi connectivity index (χ1n) is 10.9. The number of Topliss-reactive ketones (excluding diaryl/α,β-unsaturated/α-hetero) is 1. The summed E-state index contributed by atoms with van der Waals surface area (Å²) >= 11 is 0. The van der Waals surface area contributed by atoms with Gasteiger partial charge in [0.1, 0.15) is 18.3 Å². The third-order valence-electron chi connectivity index (χ3n) is 6.94. The Morgan fingerprint density at radius 2 is 1.82 bits per heavy atom. The van der Waals surface area contributed by atoms with Crippen LogP contribution in [0.25, 0.3) is 0 Å². The van der Waals surface area contributed by atoms with Crippen molar-refractivity contribution in [2.24, 2.45) is 11.8 Å². The maximum Gasteiger partial charge on any atom is 0.337 e. The minimum Gasteiger partial charge on any atom is -0.461 e. The average Bonchev–Trinajstić information content (AvgIpc) is 3.31. The van der Waals surface area contributed by atoms with Crippen molar-refractivity contribution in [3.8, 4) is 0 Å². The number of esters is 4. The molecule has 10 nitrogen and oxygen atoms in total. The Bertz CT molecular complexity index is 1080. The number of allylic oxidation sites excluding steroid dienone is 1. The van der Waals surface area contributed by atoms with E-state index in [0.29, 0.717) is 11.1 Å². The largest absolute Gasteiger partial charge is 0.461 e. The molecular formula is C24H26O10. The van der Waals surface area contributed by atoms with Crippen LogP contribution in [0.5, 0.6) is 0 Å². The molecule has 0 radical (unpaired) electrons. The van der Waals surface area contributed by atoms with Crippen LogP contribution in [0.1, 0.15) is 34.6 Å². The molecule has 34 heavy (non-hydrogen) atoms. The first-order chi connectivity index (χ1) is 15.9. The van der Waals surface area contributed by atoms with E-state index in [4.69, 9.17) is 23.7 Å². The van der Waals surface area contributed by atoms with E-state index in [2.05, 4.69) is 6.58 Å². The second kappa shape index (κ2) is 8.19. The number of epoxide rings is 1. The lowest BCUT2D eigenvalue weighted by Crippen LogP contribution is -2.45. The molecule has 7 unspecified atom stereocenters. The van der Waals surface area contributed by atoms with Gasteiger partial charge in [0.2, 0.25) is 0 Å². The summed E-state index contributed by atoms with van der Waals surface area (Å²) in [6.45, 7) is 10.9. The van der Waals surface area contributed by atoms with Crippen LogP contribution in [-0.4, -0.2) is 66.3 Å². The molecule has 0 aromatic heterocycles. The van der Waals surface area contributed by atoms with Crippen LogP contribution in [-0.2, 0) is 47.7 Å². The zero-order valence-electron chi connectivity index (χ0n) is 19.5. The molecule has 0 amide bonds. The number of rotatable bonds is 5. The number of carbonyl (C=O) groups is 5. The summed E-state index contributed by atoms with van der Waals surface area (Å²) in [7, 11) is 0. The Hall–Kier alpha value is -3.27. The van der Waals surface area contributed by atoms with E-state index in [1.165, 1.54) is 19.9 Å². The zero-order valence-corrected chi connectivity index (χ0v) is 19.5. The number of ketones is 1. The van der Waals surface area contributed by atoms with Crippen molar-refractivity contribution < 1.29 is 47.7 Å². The summed E-state index contributed by atoms with van der Waals surface area (Å²) in [4.78, 5) is 62.0. The maximum absolute atomic E-state index is 13.1. The maximum atomic E-state index is 13.1. The molecule has 0 N–H and O–H groups in total. The summed E-state index contributed by atoms with van der Waals surface area (Å²) in [5, 5.41) is 0. The van der Waals surface area contributed by atoms with E-state index in [1.807, 2.05) is 0 Å². The molecule has 0 bridgehead atoms. The van der Waals surface area contributed by atoms with Gasteiger partial charge in [-0.25, -0.2) is 9.59 Å². The van der Waals surface area contributed by atoms with Crippen LogP contribution >= 0.6 is 0 Å². The van der Waals surface area contributed by atoms with Crippen molar-refractivity contribution in [1.29, 1.82) is 0 Å². The predicted octanol–water partition coefficient (Wildman–Crippen LogP) is 1.12. The monoisotopic (exact) mass is 474 g/mol. The van der Waals surface area contributed by atoms with Crippen LogP contribution in [0, 0.1) is 11.8 Å². The van der Waals surface area contributed by atoms with Gasteiger partial charge in [-0.1, -0.05) is 12.7 Å². The Kier molecular flexibility index (Phi) is 5.75. The summed E-state index contributed by atoms with van der Waals surface area (Å²) in [5.74, 6) is -4.59. The van der Waals surface area contributed by atoms with Crippen molar-refractivity contribution in [2.75, 3.05) is 6.61 Å². The van der Waals surface area contributed by atoms with Gasteiger partial charge in [0.25, 0.3) is 0 Å². The van der Waals surface area contributed by atoms with Crippen LogP contribution < -0.4 is 0 Å². The second-order valence-corrected chi connectivity index (χ2v) is 9.04.